The highest BCUT2D eigenvalue weighted by molar-refractivity contribution is 5.98. The molecule has 0 bridgehead atoms. The van der Waals surface area contributed by atoms with E-state index in [1.807, 2.05) is 6.92 Å². The number of nitrogens with zero attached hydrogens (tertiary/aromatic N) is 3. The summed E-state index contributed by atoms with van der Waals surface area (Å²) in [5.41, 5.74) is 7.64. The lowest BCUT2D eigenvalue weighted by molar-refractivity contribution is -0.119. The van der Waals surface area contributed by atoms with E-state index in [-0.39, 0.29) is 17.1 Å². The molecule has 3 aromatic heterocycles. The van der Waals surface area contributed by atoms with Crippen LogP contribution in [-0.2, 0) is 16.1 Å². The van der Waals surface area contributed by atoms with E-state index in [4.69, 9.17) is 19.4 Å². The molecule has 0 unspecified atom stereocenters. The Labute approximate surface area is 165 Å². The molecule has 0 aliphatic carbocycles. The first-order valence-corrected chi connectivity index (χ1v) is 8.64. The highest BCUT2D eigenvalue weighted by atomic mass is 16.5. The van der Waals surface area contributed by atoms with E-state index in [1.54, 1.807) is 29.9 Å². The number of hydrogen-bond acceptors (Lipinski definition) is 8. The Morgan fingerprint density at radius 3 is 2.72 bits per heavy atom. The summed E-state index contributed by atoms with van der Waals surface area (Å²) in [6, 6.07) is 5.65. The lowest BCUT2D eigenvalue weighted by Crippen LogP contribution is -2.23. The smallest absolute Gasteiger partial charge is 0.346 e. The quantitative estimate of drug-likeness (QED) is 0.602. The van der Waals surface area contributed by atoms with Gasteiger partial charge in [0.1, 0.15) is 23.2 Å². The van der Waals surface area contributed by atoms with Crippen LogP contribution >= 0.6 is 0 Å². The third-order valence-corrected chi connectivity index (χ3v) is 4.52. The second-order valence-electron chi connectivity index (χ2n) is 6.34. The number of carbonyl (C=O) groups excluding carboxylic acids is 2. The molecule has 1 amide bonds. The number of nitriles is 1. The van der Waals surface area contributed by atoms with E-state index in [9.17, 15) is 14.9 Å². The van der Waals surface area contributed by atoms with Crippen LogP contribution in [0.5, 0.6) is 0 Å². The molecular weight excluding hydrogens is 378 g/mol. The van der Waals surface area contributed by atoms with Crippen molar-refractivity contribution in [1.82, 2.24) is 9.72 Å². The van der Waals surface area contributed by atoms with Crippen molar-refractivity contribution in [2.75, 3.05) is 17.7 Å². The molecule has 3 aromatic rings. The monoisotopic (exact) mass is 397 g/mol. The van der Waals surface area contributed by atoms with Gasteiger partial charge in [-0.1, -0.05) is 5.16 Å². The lowest BCUT2D eigenvalue weighted by atomic mass is 10.2. The zero-order valence-corrected chi connectivity index (χ0v) is 16.1. The number of aryl methyl sites for hydroxylation is 1. The summed E-state index contributed by atoms with van der Waals surface area (Å²) < 4.78 is 16.8. The molecule has 3 rings (SSSR count). The van der Waals surface area contributed by atoms with Gasteiger partial charge in [-0.25, -0.2) is 4.79 Å². The topological polar surface area (TPSA) is 149 Å². The predicted molar refractivity (Wildman–Crippen MR) is 101 cm³/mol. The van der Waals surface area contributed by atoms with Gasteiger partial charge in [0.25, 0.3) is 5.91 Å². The molecular formula is C19H19N5O5. The van der Waals surface area contributed by atoms with Gasteiger partial charge in [0.05, 0.1) is 24.1 Å². The van der Waals surface area contributed by atoms with E-state index in [2.05, 4.69) is 16.5 Å². The highest BCUT2D eigenvalue weighted by Crippen LogP contribution is 2.27. The van der Waals surface area contributed by atoms with Gasteiger partial charge in [-0.15, -0.1) is 0 Å². The van der Waals surface area contributed by atoms with Crippen molar-refractivity contribution < 1.29 is 23.3 Å². The number of nitrogens with one attached hydrogen (secondary N) is 1. The maximum absolute atomic E-state index is 12.4. The number of amides is 1. The molecule has 29 heavy (non-hydrogen) atoms. The van der Waals surface area contributed by atoms with Crippen molar-refractivity contribution in [2.24, 2.45) is 0 Å². The van der Waals surface area contributed by atoms with E-state index >= 15 is 0 Å². The normalized spacial score (nSPS) is 10.6. The molecule has 10 heteroatoms. The molecule has 0 aliphatic rings. The Kier molecular flexibility index (Phi) is 5.40. The summed E-state index contributed by atoms with van der Waals surface area (Å²) in [4.78, 5) is 24.5. The van der Waals surface area contributed by atoms with Crippen molar-refractivity contribution in [3.05, 3.63) is 52.2 Å². The first kappa shape index (κ1) is 19.8. The van der Waals surface area contributed by atoms with Crippen LogP contribution in [0.3, 0.4) is 0 Å². The summed E-state index contributed by atoms with van der Waals surface area (Å²) in [6.07, 6.45) is 1.54. The number of carbonyl (C=O) groups is 2. The Morgan fingerprint density at radius 2 is 2.14 bits per heavy atom. The van der Waals surface area contributed by atoms with Crippen LogP contribution < -0.4 is 11.1 Å². The molecule has 3 heterocycles. The van der Waals surface area contributed by atoms with Crippen molar-refractivity contribution in [3.63, 3.8) is 0 Å². The van der Waals surface area contributed by atoms with Crippen molar-refractivity contribution >= 4 is 23.6 Å². The number of furan rings is 1. The lowest BCUT2D eigenvalue weighted by Gasteiger charge is -2.12. The summed E-state index contributed by atoms with van der Waals surface area (Å²) in [6.45, 7) is 4.92. The number of nitrogens with two attached hydrogens (primary N) is 1. The Hall–Kier alpha value is -4.00. The third kappa shape index (κ3) is 3.84. The Bertz CT molecular complexity index is 1080. The largest absolute Gasteiger partial charge is 0.467 e. The number of rotatable bonds is 6. The number of anilines is 2. The van der Waals surface area contributed by atoms with Gasteiger partial charge in [-0.3, -0.25) is 4.79 Å². The van der Waals surface area contributed by atoms with Gasteiger partial charge < -0.3 is 29.3 Å². The molecule has 0 saturated carbocycles. The minimum Gasteiger partial charge on any atom is -0.467 e. The SMILES string of the molecule is Cc1noc(N)c1C(=O)OCC(=O)Nc1c(C#N)c(C)c(C)n1Cc1ccco1. The van der Waals surface area contributed by atoms with Gasteiger partial charge in [-0.05, 0) is 38.5 Å². The summed E-state index contributed by atoms with van der Waals surface area (Å²) >= 11 is 0. The first-order valence-electron chi connectivity index (χ1n) is 8.64. The molecule has 3 N–H and O–H groups in total. The summed E-state index contributed by atoms with van der Waals surface area (Å²) in [5, 5.41) is 15.7. The van der Waals surface area contributed by atoms with Crippen molar-refractivity contribution in [2.45, 2.75) is 27.3 Å². The standard InChI is InChI=1S/C19H19N5O5/c1-10-12(3)24(8-13-5-4-6-27-13)18(14(10)7-20)22-15(25)9-28-19(26)16-11(2)23-29-17(16)21/h4-6H,8-9,21H2,1-3H3,(H,22,25). The fraction of sp³-hybridized carbons (Fsp3) is 0.263. The molecule has 0 aliphatic heterocycles. The second kappa shape index (κ2) is 7.93. The van der Waals surface area contributed by atoms with E-state index < -0.39 is 18.5 Å². The average molecular weight is 397 g/mol. The molecule has 0 spiro atoms. The number of nitrogen functional groups attached to an aromatic ring is 1. The molecule has 0 aromatic carbocycles. The predicted octanol–water partition coefficient (Wildman–Crippen LogP) is 2.29. The zero-order valence-electron chi connectivity index (χ0n) is 16.1. The molecule has 0 fully saturated rings. The van der Waals surface area contributed by atoms with Crippen LogP contribution in [-0.4, -0.2) is 28.2 Å². The average Bonchev–Trinajstić information content (AvgIpc) is 3.37. The zero-order chi connectivity index (χ0) is 21.1. The maximum atomic E-state index is 12.4. The number of ether oxygens (including phenoxy) is 1. The van der Waals surface area contributed by atoms with Crippen LogP contribution in [0.25, 0.3) is 0 Å². The molecule has 10 nitrogen and oxygen atoms in total. The van der Waals surface area contributed by atoms with Gasteiger partial charge in [-0.2, -0.15) is 5.26 Å². The second-order valence-corrected chi connectivity index (χ2v) is 6.34. The number of aromatic nitrogens is 2. The van der Waals surface area contributed by atoms with Crippen LogP contribution in [0.15, 0.2) is 27.3 Å². The van der Waals surface area contributed by atoms with Crippen LogP contribution in [0.1, 0.15) is 38.6 Å². The van der Waals surface area contributed by atoms with E-state index in [1.165, 1.54) is 6.92 Å². The van der Waals surface area contributed by atoms with Gasteiger partial charge >= 0.3 is 5.97 Å². The van der Waals surface area contributed by atoms with Crippen LogP contribution in [0.4, 0.5) is 11.7 Å². The van der Waals surface area contributed by atoms with Crippen molar-refractivity contribution in [3.8, 4) is 6.07 Å². The van der Waals surface area contributed by atoms with Gasteiger partial charge in [0.2, 0.25) is 5.88 Å². The fourth-order valence-corrected chi connectivity index (χ4v) is 2.89. The van der Waals surface area contributed by atoms with E-state index in [0.29, 0.717) is 23.7 Å². The molecule has 0 saturated heterocycles. The fourth-order valence-electron chi connectivity index (χ4n) is 2.89. The molecule has 150 valence electrons. The Morgan fingerprint density at radius 1 is 1.38 bits per heavy atom. The minimum absolute atomic E-state index is 0.0246. The third-order valence-electron chi connectivity index (χ3n) is 4.52. The Balaban J connectivity index is 1.77. The van der Waals surface area contributed by atoms with Gasteiger partial charge in [0.15, 0.2) is 6.61 Å². The number of hydrogen-bond donors (Lipinski definition) is 2. The van der Waals surface area contributed by atoms with Crippen LogP contribution in [0.2, 0.25) is 0 Å². The summed E-state index contributed by atoms with van der Waals surface area (Å²) in [7, 11) is 0. The minimum atomic E-state index is -0.824. The molecule has 0 atom stereocenters. The summed E-state index contributed by atoms with van der Waals surface area (Å²) in [5.74, 6) is -0.650. The highest BCUT2D eigenvalue weighted by Gasteiger charge is 2.23. The van der Waals surface area contributed by atoms with E-state index in [0.717, 1.165) is 11.3 Å². The number of esters is 1. The first-order chi connectivity index (χ1) is 13.8. The van der Waals surface area contributed by atoms with Crippen molar-refractivity contribution in [1.29, 1.82) is 5.26 Å². The molecule has 0 radical (unpaired) electrons. The van der Waals surface area contributed by atoms with Gasteiger partial charge in [0, 0.05) is 5.69 Å². The van der Waals surface area contributed by atoms with Crippen LogP contribution in [0, 0.1) is 32.1 Å². The maximum Gasteiger partial charge on any atom is 0.346 e.